The first kappa shape index (κ1) is 25.7. The maximum atomic E-state index is 10.9. The molecule has 3 fully saturated rings. The van der Waals surface area contributed by atoms with Gasteiger partial charge in [-0.1, -0.05) is 0 Å². The standard InChI is InChI=1S/C30H44N6O2/c1-19-15-23(27-22(4)28(37)20(2)21(3)29(27)38-19)18-36-14-9-31-17-25(36)24-16-26(34-10-5-6-11-34)33-30(32-24)35-12-7-8-13-35/h16,19,23,25,31,37H,5-15,17-18H2,1-4H3. The molecule has 206 valence electrons. The minimum Gasteiger partial charge on any atom is -0.507 e. The lowest BCUT2D eigenvalue weighted by atomic mass is 9.83. The predicted octanol–water partition coefficient (Wildman–Crippen LogP) is 4.21. The fourth-order valence-electron chi connectivity index (χ4n) is 7.02. The predicted molar refractivity (Wildman–Crippen MR) is 152 cm³/mol. The molecule has 1 aromatic carbocycles. The Morgan fingerprint density at radius 2 is 1.66 bits per heavy atom. The number of nitrogens with zero attached hydrogens (tertiary/aromatic N) is 5. The second-order valence-corrected chi connectivity index (χ2v) is 11.9. The maximum Gasteiger partial charge on any atom is 0.227 e. The highest BCUT2D eigenvalue weighted by molar-refractivity contribution is 5.59. The zero-order valence-corrected chi connectivity index (χ0v) is 23.6. The third-order valence-corrected chi connectivity index (χ3v) is 9.30. The quantitative estimate of drug-likeness (QED) is 0.607. The summed E-state index contributed by atoms with van der Waals surface area (Å²) in [5.41, 5.74) is 5.30. The van der Waals surface area contributed by atoms with E-state index in [0.717, 1.165) is 98.7 Å². The number of aromatic nitrogens is 2. The SMILES string of the molecule is Cc1c(C)c2c(c(C)c1O)C(CN1CCNCC1c1cc(N3CCCC3)nc(N3CCCC3)n1)CC(C)O2. The smallest absolute Gasteiger partial charge is 0.227 e. The molecular formula is C30H44N6O2. The lowest BCUT2D eigenvalue weighted by molar-refractivity contribution is 0.116. The van der Waals surface area contributed by atoms with E-state index in [1.165, 1.54) is 31.2 Å². The van der Waals surface area contributed by atoms with E-state index < -0.39 is 0 Å². The lowest BCUT2D eigenvalue weighted by Crippen LogP contribution is -2.48. The summed E-state index contributed by atoms with van der Waals surface area (Å²) in [6, 6.07) is 2.46. The number of hydrogen-bond donors (Lipinski definition) is 2. The van der Waals surface area contributed by atoms with E-state index in [1.807, 2.05) is 6.92 Å². The van der Waals surface area contributed by atoms with Crippen LogP contribution in [0.5, 0.6) is 11.5 Å². The van der Waals surface area contributed by atoms with Crippen molar-refractivity contribution in [2.75, 3.05) is 62.2 Å². The molecule has 3 atom stereocenters. The van der Waals surface area contributed by atoms with Crippen molar-refractivity contribution in [3.8, 4) is 11.5 Å². The van der Waals surface area contributed by atoms with Gasteiger partial charge in [-0.25, -0.2) is 4.98 Å². The van der Waals surface area contributed by atoms with Gasteiger partial charge in [-0.3, -0.25) is 4.90 Å². The Hall–Kier alpha value is -2.58. The molecule has 4 aliphatic heterocycles. The first-order valence-corrected chi connectivity index (χ1v) is 14.7. The minimum atomic E-state index is 0.151. The zero-order valence-electron chi connectivity index (χ0n) is 23.6. The average molecular weight is 521 g/mol. The van der Waals surface area contributed by atoms with Gasteiger partial charge in [-0.15, -0.1) is 0 Å². The highest BCUT2D eigenvalue weighted by Gasteiger charge is 2.36. The van der Waals surface area contributed by atoms with Crippen molar-refractivity contribution in [1.82, 2.24) is 20.2 Å². The van der Waals surface area contributed by atoms with E-state index in [0.29, 0.717) is 11.7 Å². The van der Waals surface area contributed by atoms with Gasteiger partial charge in [-0.05, 0) is 76.5 Å². The minimum absolute atomic E-state index is 0.151. The molecule has 0 radical (unpaired) electrons. The van der Waals surface area contributed by atoms with Crippen LogP contribution in [0.1, 0.15) is 78.9 Å². The molecule has 2 N–H and O–H groups in total. The van der Waals surface area contributed by atoms with Gasteiger partial charge in [0, 0.05) is 69.9 Å². The van der Waals surface area contributed by atoms with E-state index in [4.69, 9.17) is 14.7 Å². The molecular weight excluding hydrogens is 476 g/mol. The number of aromatic hydroxyl groups is 1. The number of rotatable bonds is 5. The van der Waals surface area contributed by atoms with Crippen molar-refractivity contribution in [2.45, 2.75) is 77.9 Å². The Balaban J connectivity index is 1.34. The van der Waals surface area contributed by atoms with Gasteiger partial charge >= 0.3 is 0 Å². The van der Waals surface area contributed by atoms with Crippen molar-refractivity contribution in [3.63, 3.8) is 0 Å². The molecule has 3 saturated heterocycles. The molecule has 8 nitrogen and oxygen atoms in total. The Morgan fingerprint density at radius 3 is 2.39 bits per heavy atom. The summed E-state index contributed by atoms with van der Waals surface area (Å²) in [7, 11) is 0. The van der Waals surface area contributed by atoms with Crippen LogP contribution in [0, 0.1) is 20.8 Å². The zero-order chi connectivity index (χ0) is 26.4. The Morgan fingerprint density at radius 1 is 0.947 bits per heavy atom. The van der Waals surface area contributed by atoms with Gasteiger partial charge in [0.15, 0.2) is 0 Å². The van der Waals surface area contributed by atoms with E-state index in [-0.39, 0.29) is 12.1 Å². The largest absolute Gasteiger partial charge is 0.507 e. The van der Waals surface area contributed by atoms with Crippen molar-refractivity contribution in [2.24, 2.45) is 0 Å². The maximum absolute atomic E-state index is 10.9. The number of phenolic OH excluding ortho intramolecular Hbond substituents is 1. The third kappa shape index (κ3) is 4.70. The summed E-state index contributed by atoms with van der Waals surface area (Å²) in [6.45, 7) is 16.3. The van der Waals surface area contributed by atoms with E-state index in [9.17, 15) is 5.11 Å². The Bertz CT molecular complexity index is 1140. The molecule has 4 aliphatic rings. The van der Waals surface area contributed by atoms with Gasteiger partial charge in [0.05, 0.1) is 17.8 Å². The normalized spacial score (nSPS) is 26.1. The molecule has 0 bridgehead atoms. The third-order valence-electron chi connectivity index (χ3n) is 9.30. The number of anilines is 2. The molecule has 3 unspecified atom stereocenters. The molecule has 6 rings (SSSR count). The fraction of sp³-hybridized carbons (Fsp3) is 0.667. The van der Waals surface area contributed by atoms with Gasteiger partial charge in [0.2, 0.25) is 5.95 Å². The van der Waals surface area contributed by atoms with E-state index >= 15 is 0 Å². The first-order valence-electron chi connectivity index (χ1n) is 14.7. The van der Waals surface area contributed by atoms with Crippen LogP contribution in [0.2, 0.25) is 0 Å². The summed E-state index contributed by atoms with van der Waals surface area (Å²) in [5, 5.41) is 14.6. The fourth-order valence-corrected chi connectivity index (χ4v) is 7.02. The molecule has 0 saturated carbocycles. The van der Waals surface area contributed by atoms with Crippen LogP contribution >= 0.6 is 0 Å². The molecule has 1 aromatic heterocycles. The number of fused-ring (bicyclic) bond motifs is 1. The molecule has 8 heteroatoms. The highest BCUT2D eigenvalue weighted by atomic mass is 16.5. The van der Waals surface area contributed by atoms with Crippen LogP contribution in [0.15, 0.2) is 6.07 Å². The van der Waals surface area contributed by atoms with E-state index in [2.05, 4.69) is 46.9 Å². The molecule has 38 heavy (non-hydrogen) atoms. The van der Waals surface area contributed by atoms with Crippen LogP contribution in [0.4, 0.5) is 11.8 Å². The van der Waals surface area contributed by atoms with Gasteiger partial charge in [-0.2, -0.15) is 4.98 Å². The Labute approximate surface area is 227 Å². The summed E-state index contributed by atoms with van der Waals surface area (Å²) in [4.78, 5) is 17.7. The van der Waals surface area contributed by atoms with Crippen molar-refractivity contribution >= 4 is 11.8 Å². The molecule has 5 heterocycles. The second kappa shape index (κ2) is 10.5. The number of benzene rings is 1. The van der Waals surface area contributed by atoms with Gasteiger partial charge < -0.3 is 25.0 Å². The first-order chi connectivity index (χ1) is 18.4. The number of hydrogen-bond acceptors (Lipinski definition) is 8. The van der Waals surface area contributed by atoms with Crippen LogP contribution in [-0.4, -0.2) is 78.4 Å². The number of piperazine rings is 1. The summed E-state index contributed by atoms with van der Waals surface area (Å²) >= 11 is 0. The van der Waals surface area contributed by atoms with Crippen LogP contribution in [0.3, 0.4) is 0 Å². The highest BCUT2D eigenvalue weighted by Crippen LogP contribution is 2.46. The summed E-state index contributed by atoms with van der Waals surface area (Å²) in [5.74, 6) is 3.71. The van der Waals surface area contributed by atoms with Crippen molar-refractivity contribution < 1.29 is 9.84 Å². The molecule has 2 aromatic rings. The number of nitrogens with one attached hydrogen (secondary N) is 1. The molecule has 0 amide bonds. The molecule has 0 spiro atoms. The summed E-state index contributed by atoms with van der Waals surface area (Å²) < 4.78 is 6.38. The molecule has 0 aliphatic carbocycles. The number of ether oxygens (including phenoxy) is 1. The van der Waals surface area contributed by atoms with Crippen LogP contribution in [0.25, 0.3) is 0 Å². The van der Waals surface area contributed by atoms with Crippen molar-refractivity contribution in [1.29, 1.82) is 0 Å². The van der Waals surface area contributed by atoms with E-state index in [1.54, 1.807) is 0 Å². The lowest BCUT2D eigenvalue weighted by Gasteiger charge is -2.41. The number of phenols is 1. The topological polar surface area (TPSA) is 77.0 Å². The van der Waals surface area contributed by atoms with Gasteiger partial charge in [0.1, 0.15) is 17.3 Å². The second-order valence-electron chi connectivity index (χ2n) is 11.9. The Kier molecular flexibility index (Phi) is 7.12. The monoisotopic (exact) mass is 520 g/mol. The van der Waals surface area contributed by atoms with Crippen LogP contribution < -0.4 is 19.9 Å². The van der Waals surface area contributed by atoms with Crippen LogP contribution in [-0.2, 0) is 0 Å². The van der Waals surface area contributed by atoms with Gasteiger partial charge in [0.25, 0.3) is 0 Å². The average Bonchev–Trinajstić information content (AvgIpc) is 3.66. The van der Waals surface area contributed by atoms with Crippen molar-refractivity contribution in [3.05, 3.63) is 34.0 Å². The summed E-state index contributed by atoms with van der Waals surface area (Å²) in [6.07, 6.45) is 6.02.